The summed E-state index contributed by atoms with van der Waals surface area (Å²) in [6, 6.07) is 5.45. The van der Waals surface area contributed by atoms with E-state index in [-0.39, 0.29) is 18.6 Å². The second-order valence-corrected chi connectivity index (χ2v) is 5.48. The molecule has 1 fully saturated rings. The van der Waals surface area contributed by atoms with Crippen LogP contribution in [0.3, 0.4) is 0 Å². The number of carbonyl (C=O) groups is 1. The molecule has 1 amide bonds. The van der Waals surface area contributed by atoms with Crippen molar-refractivity contribution in [2.24, 2.45) is 0 Å². The molecule has 6 nitrogen and oxygen atoms in total. The molecule has 1 aromatic rings. The molecule has 1 heterocycles. The van der Waals surface area contributed by atoms with Gasteiger partial charge in [-0.3, -0.25) is 4.79 Å². The number of methoxy groups -OCH3 is 2. The number of hydrogen-bond acceptors (Lipinski definition) is 5. The van der Waals surface area contributed by atoms with Gasteiger partial charge in [-0.15, -0.1) is 0 Å². The molecule has 0 atom stereocenters. The van der Waals surface area contributed by atoms with Gasteiger partial charge in [0.25, 0.3) is 5.91 Å². The first kappa shape index (κ1) is 16.4. The second-order valence-electron chi connectivity index (χ2n) is 5.48. The van der Waals surface area contributed by atoms with Gasteiger partial charge in [-0.25, -0.2) is 0 Å². The fourth-order valence-corrected chi connectivity index (χ4v) is 2.44. The second kappa shape index (κ2) is 7.89. The number of ether oxygens (including phenoxy) is 3. The van der Waals surface area contributed by atoms with Crippen LogP contribution in [0, 0.1) is 0 Å². The molecule has 0 radical (unpaired) electrons. The van der Waals surface area contributed by atoms with Crippen LogP contribution >= 0.6 is 0 Å². The number of amides is 1. The lowest BCUT2D eigenvalue weighted by Crippen LogP contribution is -2.44. The van der Waals surface area contributed by atoms with Crippen molar-refractivity contribution in [3.63, 3.8) is 0 Å². The van der Waals surface area contributed by atoms with Crippen molar-refractivity contribution in [1.82, 2.24) is 10.2 Å². The molecule has 0 aromatic heterocycles. The zero-order valence-corrected chi connectivity index (χ0v) is 13.4. The molecule has 0 aliphatic carbocycles. The van der Waals surface area contributed by atoms with Gasteiger partial charge in [0.1, 0.15) is 17.2 Å². The Labute approximate surface area is 131 Å². The van der Waals surface area contributed by atoms with Gasteiger partial charge in [-0.2, -0.15) is 0 Å². The van der Waals surface area contributed by atoms with Gasteiger partial charge in [0.15, 0.2) is 6.61 Å². The quantitative estimate of drug-likeness (QED) is 0.858. The van der Waals surface area contributed by atoms with Crippen molar-refractivity contribution in [3.8, 4) is 17.2 Å². The lowest BCUT2D eigenvalue weighted by Gasteiger charge is -2.29. The van der Waals surface area contributed by atoms with Crippen molar-refractivity contribution >= 4 is 5.91 Å². The maximum atomic E-state index is 12.0. The van der Waals surface area contributed by atoms with Gasteiger partial charge >= 0.3 is 0 Å². The fourth-order valence-electron chi connectivity index (χ4n) is 2.44. The highest BCUT2D eigenvalue weighted by Gasteiger charge is 2.18. The third-order valence-electron chi connectivity index (χ3n) is 3.78. The van der Waals surface area contributed by atoms with E-state index in [1.54, 1.807) is 32.4 Å². The van der Waals surface area contributed by atoms with Crippen LogP contribution < -0.4 is 19.5 Å². The Morgan fingerprint density at radius 3 is 2.23 bits per heavy atom. The lowest BCUT2D eigenvalue weighted by molar-refractivity contribution is -0.124. The van der Waals surface area contributed by atoms with Gasteiger partial charge < -0.3 is 24.4 Å². The zero-order chi connectivity index (χ0) is 15.9. The first-order valence-corrected chi connectivity index (χ1v) is 7.44. The highest BCUT2D eigenvalue weighted by Crippen LogP contribution is 2.27. The normalized spacial score (nSPS) is 16.1. The number of likely N-dealkylation sites (tertiary alicyclic amines) is 1. The number of nitrogens with zero attached hydrogens (tertiary/aromatic N) is 1. The maximum absolute atomic E-state index is 12.0. The van der Waals surface area contributed by atoms with E-state index in [1.165, 1.54) is 0 Å². The third kappa shape index (κ3) is 4.80. The minimum atomic E-state index is -0.101. The molecule has 22 heavy (non-hydrogen) atoms. The maximum Gasteiger partial charge on any atom is 0.258 e. The van der Waals surface area contributed by atoms with Crippen LogP contribution in [0.15, 0.2) is 18.2 Å². The average Bonchev–Trinajstić information content (AvgIpc) is 2.54. The van der Waals surface area contributed by atoms with Gasteiger partial charge in [0, 0.05) is 24.2 Å². The highest BCUT2D eigenvalue weighted by molar-refractivity contribution is 5.77. The van der Waals surface area contributed by atoms with Gasteiger partial charge in [0.2, 0.25) is 0 Å². The van der Waals surface area contributed by atoms with Gasteiger partial charge in [-0.05, 0) is 33.0 Å². The summed E-state index contributed by atoms with van der Waals surface area (Å²) in [5.74, 6) is 1.71. The van der Waals surface area contributed by atoms with E-state index in [4.69, 9.17) is 14.2 Å². The summed E-state index contributed by atoms with van der Waals surface area (Å²) in [5, 5.41) is 3.01. The minimum absolute atomic E-state index is 0.0112. The average molecular weight is 308 g/mol. The Morgan fingerprint density at radius 2 is 1.68 bits per heavy atom. The van der Waals surface area contributed by atoms with E-state index in [0.29, 0.717) is 17.2 Å². The smallest absolute Gasteiger partial charge is 0.258 e. The van der Waals surface area contributed by atoms with Crippen LogP contribution in [0.2, 0.25) is 0 Å². The van der Waals surface area contributed by atoms with Crippen molar-refractivity contribution in [2.45, 2.75) is 18.9 Å². The van der Waals surface area contributed by atoms with Crippen molar-refractivity contribution in [3.05, 3.63) is 18.2 Å². The molecule has 6 heteroatoms. The Kier molecular flexibility index (Phi) is 5.89. The molecule has 1 aromatic carbocycles. The van der Waals surface area contributed by atoms with E-state index < -0.39 is 0 Å². The number of piperidine rings is 1. The summed E-state index contributed by atoms with van der Waals surface area (Å²) in [6.45, 7) is 2.01. The number of rotatable bonds is 6. The number of benzene rings is 1. The molecule has 0 spiro atoms. The Bertz CT molecular complexity index is 477. The molecule has 1 aliphatic rings. The molecule has 122 valence electrons. The van der Waals surface area contributed by atoms with Crippen molar-refractivity contribution in [2.75, 3.05) is 41.0 Å². The van der Waals surface area contributed by atoms with E-state index in [9.17, 15) is 4.79 Å². The first-order valence-electron chi connectivity index (χ1n) is 7.44. The van der Waals surface area contributed by atoms with E-state index in [0.717, 1.165) is 25.9 Å². The number of nitrogens with one attached hydrogen (secondary N) is 1. The molecule has 1 aliphatic heterocycles. The van der Waals surface area contributed by atoms with Crippen LogP contribution in [-0.4, -0.2) is 57.8 Å². The molecule has 0 saturated carbocycles. The largest absolute Gasteiger partial charge is 0.496 e. The van der Waals surface area contributed by atoms with Crippen molar-refractivity contribution in [1.29, 1.82) is 0 Å². The summed E-state index contributed by atoms with van der Waals surface area (Å²) < 4.78 is 15.9. The third-order valence-corrected chi connectivity index (χ3v) is 3.78. The van der Waals surface area contributed by atoms with E-state index in [1.807, 2.05) is 0 Å². The zero-order valence-electron chi connectivity index (χ0n) is 13.4. The van der Waals surface area contributed by atoms with Crippen LogP contribution in [0.1, 0.15) is 12.8 Å². The fraction of sp³-hybridized carbons (Fsp3) is 0.562. The number of hydrogen-bond donors (Lipinski definition) is 1. The van der Waals surface area contributed by atoms with Crippen LogP contribution in [0.5, 0.6) is 17.2 Å². The molecule has 2 rings (SSSR count). The molecular weight excluding hydrogens is 284 g/mol. The lowest BCUT2D eigenvalue weighted by atomic mass is 10.1. The van der Waals surface area contributed by atoms with Crippen LogP contribution in [-0.2, 0) is 4.79 Å². The molecule has 1 N–H and O–H groups in total. The molecular formula is C16H24N2O4. The first-order chi connectivity index (χ1) is 10.6. The van der Waals surface area contributed by atoms with Crippen molar-refractivity contribution < 1.29 is 19.0 Å². The number of carbonyl (C=O) groups excluding carboxylic acids is 1. The SMILES string of the molecule is COc1cc(OC)cc(OCC(=O)NC2CCN(C)CC2)c1. The predicted octanol–water partition coefficient (Wildman–Crippen LogP) is 1.29. The molecule has 0 bridgehead atoms. The summed E-state index contributed by atoms with van der Waals surface area (Å²) >= 11 is 0. The standard InChI is InChI=1S/C16H24N2O4/c1-18-6-4-12(5-7-18)17-16(19)11-22-15-9-13(20-2)8-14(10-15)21-3/h8-10,12H,4-7,11H2,1-3H3,(H,17,19). The van der Waals surface area contributed by atoms with Crippen LogP contribution in [0.4, 0.5) is 0 Å². The summed E-state index contributed by atoms with van der Waals surface area (Å²) in [4.78, 5) is 14.2. The Balaban J connectivity index is 1.83. The Morgan fingerprint density at radius 1 is 1.14 bits per heavy atom. The summed E-state index contributed by atoms with van der Waals surface area (Å²) in [5.41, 5.74) is 0. The predicted molar refractivity (Wildman–Crippen MR) is 83.7 cm³/mol. The topological polar surface area (TPSA) is 60.0 Å². The summed E-state index contributed by atoms with van der Waals surface area (Å²) in [6.07, 6.45) is 1.96. The summed E-state index contributed by atoms with van der Waals surface area (Å²) in [7, 11) is 5.24. The van der Waals surface area contributed by atoms with Gasteiger partial charge in [0.05, 0.1) is 14.2 Å². The van der Waals surface area contributed by atoms with E-state index >= 15 is 0 Å². The van der Waals surface area contributed by atoms with E-state index in [2.05, 4.69) is 17.3 Å². The van der Waals surface area contributed by atoms with Gasteiger partial charge in [-0.1, -0.05) is 0 Å². The highest BCUT2D eigenvalue weighted by atomic mass is 16.5. The monoisotopic (exact) mass is 308 g/mol. The molecule has 1 saturated heterocycles. The minimum Gasteiger partial charge on any atom is -0.496 e. The van der Waals surface area contributed by atoms with Crippen LogP contribution in [0.25, 0.3) is 0 Å². The Hall–Kier alpha value is -1.95. The molecule has 0 unspecified atom stereocenters.